The molecule has 58 heavy (non-hydrogen) atoms. The average molecular weight is 830 g/mol. The van der Waals surface area contributed by atoms with Crippen LogP contribution in [0.1, 0.15) is 57.6 Å². The molecule has 0 aliphatic heterocycles. The maximum absolute atomic E-state index is 13.1. The van der Waals surface area contributed by atoms with Crippen LogP contribution in [-0.2, 0) is 52.5 Å². The summed E-state index contributed by atoms with van der Waals surface area (Å²) in [5.74, 6) is -5.10. The highest BCUT2D eigenvalue weighted by Gasteiger charge is 2.31. The highest BCUT2D eigenvalue weighted by Crippen LogP contribution is 2.44. The van der Waals surface area contributed by atoms with E-state index in [2.05, 4.69) is 31.3 Å². The number of amides is 5. The van der Waals surface area contributed by atoms with Gasteiger partial charge < -0.3 is 50.3 Å². The third kappa shape index (κ3) is 14.3. The molecule has 0 fully saturated rings. The van der Waals surface area contributed by atoms with E-state index in [1.807, 2.05) is 48.5 Å². The molecule has 5 N–H and O–H groups in total. The molecule has 0 saturated heterocycles. The van der Waals surface area contributed by atoms with Crippen LogP contribution in [0, 0.1) is 0 Å². The molecular formula is C39H51N5O13S. The van der Waals surface area contributed by atoms with Crippen molar-refractivity contribution in [3.05, 3.63) is 59.7 Å². The standard InChI is InChI=1S/C39H51N5O13S/c1-22(41-37(51)56-19-27-25-14-10-8-12-23(25)24-13-9-11-15-26(24)27)33(47)43-28(35(49)54-6)16-17-31(45)42-29(34(48)40-18-32(46)53-5)20-58-21-30(36(50)55-7)44-38(52)57-39(2,3)4/h8-15,22,27-30H,16-21H2,1-7H3,(H,40,48)(H,41,51)(H,42,45)(H,43,47)(H,44,52)/t22-,28+,29+,30-/m0/s1. The number of thioether (sulfide) groups is 1. The van der Waals surface area contributed by atoms with Gasteiger partial charge in [0.05, 0.1) is 21.3 Å². The zero-order chi connectivity index (χ0) is 43.0. The number of benzene rings is 2. The van der Waals surface area contributed by atoms with Crippen LogP contribution in [0.5, 0.6) is 0 Å². The second kappa shape index (κ2) is 22.2. The number of methoxy groups -OCH3 is 3. The molecule has 4 atom stereocenters. The maximum atomic E-state index is 13.1. The van der Waals surface area contributed by atoms with Crippen molar-refractivity contribution >= 4 is 59.6 Å². The van der Waals surface area contributed by atoms with Gasteiger partial charge in [0.15, 0.2) is 0 Å². The zero-order valence-corrected chi connectivity index (χ0v) is 34.3. The Kier molecular flexibility index (Phi) is 17.8. The fraction of sp³-hybridized carbons (Fsp3) is 0.487. The summed E-state index contributed by atoms with van der Waals surface area (Å²) in [6.45, 7) is 5.83. The first-order valence-electron chi connectivity index (χ1n) is 18.3. The summed E-state index contributed by atoms with van der Waals surface area (Å²) < 4.78 is 24.9. The molecule has 0 spiro atoms. The molecular weight excluding hydrogens is 779 g/mol. The lowest BCUT2D eigenvalue weighted by atomic mass is 9.98. The Morgan fingerprint density at radius 3 is 1.83 bits per heavy atom. The first-order valence-corrected chi connectivity index (χ1v) is 19.4. The molecule has 0 heterocycles. The molecule has 1 aliphatic rings. The largest absolute Gasteiger partial charge is 0.468 e. The smallest absolute Gasteiger partial charge is 0.408 e. The van der Waals surface area contributed by atoms with Crippen molar-refractivity contribution in [1.82, 2.24) is 26.6 Å². The van der Waals surface area contributed by atoms with Crippen LogP contribution in [0.15, 0.2) is 48.5 Å². The quantitative estimate of drug-likeness (QED) is 0.100. The molecule has 5 amide bonds. The highest BCUT2D eigenvalue weighted by molar-refractivity contribution is 7.99. The molecule has 0 unspecified atom stereocenters. The Hall–Kier alpha value is -5.85. The number of fused-ring (bicyclic) bond motifs is 3. The number of ether oxygens (including phenoxy) is 5. The van der Waals surface area contributed by atoms with Crippen LogP contribution in [-0.4, -0.2) is 124 Å². The van der Waals surface area contributed by atoms with Crippen molar-refractivity contribution in [1.29, 1.82) is 0 Å². The third-order valence-electron chi connectivity index (χ3n) is 8.57. The van der Waals surface area contributed by atoms with Crippen molar-refractivity contribution in [3.63, 3.8) is 0 Å². The van der Waals surface area contributed by atoms with Gasteiger partial charge in [-0.25, -0.2) is 19.2 Å². The number of esters is 3. The molecule has 0 bridgehead atoms. The zero-order valence-electron chi connectivity index (χ0n) is 33.5. The van der Waals surface area contributed by atoms with E-state index in [9.17, 15) is 38.4 Å². The molecule has 19 heteroatoms. The van der Waals surface area contributed by atoms with Gasteiger partial charge >= 0.3 is 30.1 Å². The monoisotopic (exact) mass is 829 g/mol. The van der Waals surface area contributed by atoms with E-state index in [-0.39, 0.29) is 36.9 Å². The van der Waals surface area contributed by atoms with Crippen molar-refractivity contribution in [2.75, 3.05) is 46.0 Å². The minimum absolute atomic E-state index is 0.0170. The van der Waals surface area contributed by atoms with Crippen LogP contribution in [0.3, 0.4) is 0 Å². The van der Waals surface area contributed by atoms with E-state index in [0.29, 0.717) is 0 Å². The molecule has 2 aromatic carbocycles. The van der Waals surface area contributed by atoms with Crippen LogP contribution in [0.2, 0.25) is 0 Å². The van der Waals surface area contributed by atoms with Crippen molar-refractivity contribution in [2.24, 2.45) is 0 Å². The summed E-state index contributed by atoms with van der Waals surface area (Å²) in [7, 11) is 3.35. The van der Waals surface area contributed by atoms with Gasteiger partial charge in [0.25, 0.3) is 0 Å². The summed E-state index contributed by atoms with van der Waals surface area (Å²) in [5.41, 5.74) is 3.29. The van der Waals surface area contributed by atoms with Gasteiger partial charge in [-0.3, -0.25) is 19.2 Å². The number of hydrogen-bond donors (Lipinski definition) is 5. The van der Waals surface area contributed by atoms with Crippen molar-refractivity contribution < 1.29 is 62.0 Å². The second-order valence-electron chi connectivity index (χ2n) is 14.0. The summed E-state index contributed by atoms with van der Waals surface area (Å²) in [4.78, 5) is 101. The van der Waals surface area contributed by atoms with Gasteiger partial charge in [0.1, 0.15) is 42.9 Å². The summed E-state index contributed by atoms with van der Waals surface area (Å²) in [6, 6.07) is 10.7. The minimum Gasteiger partial charge on any atom is -0.468 e. The summed E-state index contributed by atoms with van der Waals surface area (Å²) >= 11 is 0.999. The van der Waals surface area contributed by atoms with Crippen LogP contribution in [0.25, 0.3) is 11.1 Å². The fourth-order valence-electron chi connectivity index (χ4n) is 5.71. The van der Waals surface area contributed by atoms with E-state index in [4.69, 9.17) is 18.9 Å². The summed E-state index contributed by atoms with van der Waals surface area (Å²) in [6.07, 6.45) is -2.38. The van der Waals surface area contributed by atoms with Gasteiger partial charge in [-0.05, 0) is 56.4 Å². The molecule has 18 nitrogen and oxygen atoms in total. The molecule has 0 aromatic heterocycles. The van der Waals surface area contributed by atoms with Crippen molar-refractivity contribution in [2.45, 2.75) is 76.2 Å². The SMILES string of the molecule is COC(=O)CNC(=O)[C@@H](CSC[C@H](NC(=O)OC(C)(C)C)C(=O)OC)NC(=O)CC[C@@H](NC(=O)[C@H](C)NC(=O)OCC1c2ccccc2-c2ccccc21)C(=O)OC. The maximum Gasteiger partial charge on any atom is 0.408 e. The Labute approximate surface area is 340 Å². The Balaban J connectivity index is 1.57. The van der Waals surface area contributed by atoms with Gasteiger partial charge in [-0.2, -0.15) is 11.8 Å². The first kappa shape index (κ1) is 46.5. The lowest BCUT2D eigenvalue weighted by molar-refractivity contribution is -0.145. The molecule has 1 aliphatic carbocycles. The number of carbonyl (C=O) groups is 8. The van der Waals surface area contributed by atoms with E-state index in [0.717, 1.165) is 55.3 Å². The Morgan fingerprint density at radius 2 is 1.26 bits per heavy atom. The van der Waals surface area contributed by atoms with E-state index in [1.165, 1.54) is 6.92 Å². The number of hydrogen-bond acceptors (Lipinski definition) is 14. The Bertz CT molecular complexity index is 1770. The van der Waals surface area contributed by atoms with E-state index in [1.54, 1.807) is 20.8 Å². The molecule has 0 radical (unpaired) electrons. The Morgan fingerprint density at radius 1 is 0.690 bits per heavy atom. The highest BCUT2D eigenvalue weighted by atomic mass is 32.2. The third-order valence-corrected chi connectivity index (χ3v) is 9.70. The normalized spacial score (nSPS) is 13.8. The van der Waals surface area contributed by atoms with Crippen LogP contribution in [0.4, 0.5) is 9.59 Å². The lowest BCUT2D eigenvalue weighted by Crippen LogP contribution is -2.52. The fourth-order valence-corrected chi connectivity index (χ4v) is 6.78. The predicted molar refractivity (Wildman–Crippen MR) is 210 cm³/mol. The second-order valence-corrected chi connectivity index (χ2v) is 15.1. The number of carbonyl (C=O) groups excluding carboxylic acids is 8. The minimum atomic E-state index is -1.32. The van der Waals surface area contributed by atoms with Gasteiger partial charge in [-0.1, -0.05) is 48.5 Å². The van der Waals surface area contributed by atoms with Crippen LogP contribution < -0.4 is 26.6 Å². The van der Waals surface area contributed by atoms with Gasteiger partial charge in [-0.15, -0.1) is 0 Å². The predicted octanol–water partition coefficient (Wildman–Crippen LogP) is 1.93. The van der Waals surface area contributed by atoms with Crippen LogP contribution >= 0.6 is 11.8 Å². The number of rotatable bonds is 19. The number of alkyl carbamates (subject to hydrolysis) is 2. The van der Waals surface area contributed by atoms with Crippen molar-refractivity contribution in [3.8, 4) is 11.1 Å². The lowest BCUT2D eigenvalue weighted by Gasteiger charge is -2.23. The first-order chi connectivity index (χ1) is 27.5. The molecule has 0 saturated carbocycles. The molecule has 316 valence electrons. The van der Waals surface area contributed by atoms with Gasteiger partial charge in [0.2, 0.25) is 17.7 Å². The topological polar surface area (TPSA) is 243 Å². The van der Waals surface area contributed by atoms with E-state index >= 15 is 0 Å². The molecule has 3 rings (SSSR count). The van der Waals surface area contributed by atoms with E-state index < -0.39 is 84.1 Å². The summed E-state index contributed by atoms with van der Waals surface area (Å²) in [5, 5.41) is 12.2. The van der Waals surface area contributed by atoms with Gasteiger partial charge in [0, 0.05) is 23.8 Å². The number of nitrogens with one attached hydrogen (secondary N) is 5. The molecule has 2 aromatic rings. The average Bonchev–Trinajstić information content (AvgIpc) is 3.51.